The fourth-order valence-electron chi connectivity index (χ4n) is 3.36. The van der Waals surface area contributed by atoms with Crippen molar-refractivity contribution >= 4 is 22.9 Å². The molecule has 0 aliphatic carbocycles. The molecule has 1 atom stereocenters. The first-order valence-corrected chi connectivity index (χ1v) is 10.4. The first kappa shape index (κ1) is 18.6. The number of amides is 1. The van der Waals surface area contributed by atoms with Crippen molar-refractivity contribution in [3.63, 3.8) is 0 Å². The Hall–Kier alpha value is -2.73. The average Bonchev–Trinajstić information content (AvgIpc) is 3.10. The van der Waals surface area contributed by atoms with E-state index in [0.29, 0.717) is 6.54 Å². The van der Waals surface area contributed by atoms with Crippen LogP contribution >= 0.6 is 11.3 Å². The van der Waals surface area contributed by atoms with E-state index in [0.717, 1.165) is 51.1 Å². The number of aromatic nitrogens is 2. The van der Waals surface area contributed by atoms with Gasteiger partial charge in [-0.1, -0.05) is 19.4 Å². The minimum atomic E-state index is -0.452. The van der Waals surface area contributed by atoms with Crippen LogP contribution in [-0.2, 0) is 4.79 Å². The number of carbonyl (C=O) groups is 1. The molecule has 0 saturated carbocycles. The molecule has 3 heterocycles. The third-order valence-electron chi connectivity index (χ3n) is 4.86. The molecule has 4 rings (SSSR count). The molecule has 1 amide bonds. The summed E-state index contributed by atoms with van der Waals surface area (Å²) in [5.41, 5.74) is 3.62. The quantitative estimate of drug-likeness (QED) is 0.605. The van der Waals surface area contributed by atoms with Crippen LogP contribution in [0.4, 0.5) is 5.69 Å². The lowest BCUT2D eigenvalue weighted by Crippen LogP contribution is -2.44. The van der Waals surface area contributed by atoms with Crippen LogP contribution in [-0.4, -0.2) is 28.5 Å². The van der Waals surface area contributed by atoms with Gasteiger partial charge in [0, 0.05) is 23.2 Å². The fraction of sp³-hybridized carbons (Fsp3) is 0.318. The Morgan fingerprint density at radius 3 is 2.86 bits per heavy atom. The molecule has 3 aromatic rings. The highest BCUT2D eigenvalue weighted by Crippen LogP contribution is 2.40. The Balaban J connectivity index is 1.74. The van der Waals surface area contributed by atoms with E-state index in [2.05, 4.69) is 18.8 Å². The second kappa shape index (κ2) is 7.72. The molecule has 1 unspecified atom stereocenters. The molecular weight excluding hydrogens is 370 g/mol. The molecule has 144 valence electrons. The van der Waals surface area contributed by atoms with E-state index in [1.54, 1.807) is 17.5 Å². The summed E-state index contributed by atoms with van der Waals surface area (Å²) < 4.78 is 5.83. The van der Waals surface area contributed by atoms with Crippen LogP contribution in [0.25, 0.3) is 22.0 Å². The maximum absolute atomic E-state index is 12.7. The van der Waals surface area contributed by atoms with Gasteiger partial charge in [-0.3, -0.25) is 9.78 Å². The monoisotopic (exact) mass is 393 g/mol. The van der Waals surface area contributed by atoms with Crippen molar-refractivity contribution in [3.05, 3.63) is 47.5 Å². The number of benzene rings is 1. The third kappa shape index (κ3) is 3.40. The van der Waals surface area contributed by atoms with E-state index in [9.17, 15) is 4.79 Å². The molecule has 0 fully saturated rings. The van der Waals surface area contributed by atoms with Crippen LogP contribution in [0, 0.1) is 6.92 Å². The number of aryl methyl sites for hydroxylation is 1. The molecule has 0 radical (unpaired) electrons. The molecule has 0 saturated heterocycles. The zero-order valence-electron chi connectivity index (χ0n) is 16.3. The topological polar surface area (TPSA) is 55.3 Å². The van der Waals surface area contributed by atoms with Crippen LogP contribution in [0.15, 0.2) is 42.6 Å². The Labute approximate surface area is 169 Å². The second-order valence-corrected chi connectivity index (χ2v) is 8.13. The number of hydrogen-bond donors (Lipinski definition) is 0. The minimum Gasteiger partial charge on any atom is -0.479 e. The molecule has 1 aromatic carbocycles. The molecule has 1 aliphatic rings. The number of nitrogens with zero attached hydrogens (tertiary/aromatic N) is 3. The zero-order chi connectivity index (χ0) is 19.7. The third-order valence-corrected chi connectivity index (χ3v) is 5.85. The maximum Gasteiger partial charge on any atom is 0.267 e. The number of fused-ring (bicyclic) bond motifs is 1. The lowest BCUT2D eigenvalue weighted by Gasteiger charge is -2.33. The van der Waals surface area contributed by atoms with E-state index in [1.165, 1.54) is 0 Å². The van der Waals surface area contributed by atoms with Crippen LogP contribution < -0.4 is 9.64 Å². The van der Waals surface area contributed by atoms with Crippen LogP contribution in [0.1, 0.15) is 31.6 Å². The van der Waals surface area contributed by atoms with Crippen molar-refractivity contribution in [2.45, 2.75) is 39.7 Å². The van der Waals surface area contributed by atoms with Crippen LogP contribution in [0.5, 0.6) is 5.75 Å². The zero-order valence-corrected chi connectivity index (χ0v) is 17.1. The summed E-state index contributed by atoms with van der Waals surface area (Å²) >= 11 is 1.63. The largest absolute Gasteiger partial charge is 0.479 e. The first-order chi connectivity index (χ1) is 13.6. The molecule has 28 heavy (non-hydrogen) atoms. The summed E-state index contributed by atoms with van der Waals surface area (Å²) in [7, 11) is 0. The molecule has 6 heteroatoms. The molecule has 1 aliphatic heterocycles. The predicted octanol–water partition coefficient (Wildman–Crippen LogP) is 5.09. The van der Waals surface area contributed by atoms with Crippen molar-refractivity contribution in [2.24, 2.45) is 0 Å². The number of rotatable bonds is 5. The summed E-state index contributed by atoms with van der Waals surface area (Å²) in [6.45, 7) is 6.71. The number of hydrogen-bond acceptors (Lipinski definition) is 5. The van der Waals surface area contributed by atoms with Gasteiger partial charge in [0.2, 0.25) is 0 Å². The van der Waals surface area contributed by atoms with Crippen molar-refractivity contribution in [1.82, 2.24) is 9.97 Å². The molecule has 0 spiro atoms. The van der Waals surface area contributed by atoms with Crippen molar-refractivity contribution in [1.29, 1.82) is 0 Å². The normalized spacial score (nSPS) is 16.0. The van der Waals surface area contributed by atoms with Gasteiger partial charge in [0.15, 0.2) is 6.10 Å². The summed E-state index contributed by atoms with van der Waals surface area (Å²) in [5.74, 6) is 0.770. The van der Waals surface area contributed by atoms with Crippen molar-refractivity contribution in [3.8, 4) is 27.7 Å². The van der Waals surface area contributed by atoms with Gasteiger partial charge >= 0.3 is 0 Å². The number of pyridine rings is 1. The van der Waals surface area contributed by atoms with Gasteiger partial charge in [-0.25, -0.2) is 4.98 Å². The molecular formula is C22H23N3O2S. The van der Waals surface area contributed by atoms with Gasteiger partial charge in [-0.15, -0.1) is 11.3 Å². The summed E-state index contributed by atoms with van der Waals surface area (Å²) in [6, 6.07) is 11.8. The molecule has 5 nitrogen and oxygen atoms in total. The van der Waals surface area contributed by atoms with E-state index in [4.69, 9.17) is 9.72 Å². The lowest BCUT2D eigenvalue weighted by molar-refractivity contribution is -0.125. The average molecular weight is 394 g/mol. The van der Waals surface area contributed by atoms with Gasteiger partial charge in [-0.05, 0) is 50.6 Å². The number of ether oxygens (including phenoxy) is 1. The first-order valence-electron chi connectivity index (χ1n) is 9.59. The van der Waals surface area contributed by atoms with Crippen molar-refractivity contribution < 1.29 is 9.53 Å². The van der Waals surface area contributed by atoms with E-state index in [-0.39, 0.29) is 5.91 Å². The SMILES string of the molecule is CCCCN1C(=O)C(C)Oc2ccc(-c3nc(-c4ccccn4)sc3C)cc21. The summed E-state index contributed by atoms with van der Waals surface area (Å²) in [6.07, 6.45) is 3.32. The van der Waals surface area contributed by atoms with E-state index >= 15 is 0 Å². The van der Waals surface area contributed by atoms with Gasteiger partial charge in [0.1, 0.15) is 10.8 Å². The number of anilines is 1. The Kier molecular flexibility index (Phi) is 5.13. The molecule has 0 bridgehead atoms. The number of unbranched alkanes of at least 4 members (excludes halogenated alkanes) is 1. The fourth-order valence-corrected chi connectivity index (χ4v) is 4.28. The maximum atomic E-state index is 12.7. The van der Waals surface area contributed by atoms with Gasteiger partial charge in [0.25, 0.3) is 5.91 Å². The van der Waals surface area contributed by atoms with E-state index in [1.807, 2.05) is 48.2 Å². The Bertz CT molecular complexity index is 1000. The van der Waals surface area contributed by atoms with Crippen LogP contribution in [0.3, 0.4) is 0 Å². The van der Waals surface area contributed by atoms with Crippen LogP contribution in [0.2, 0.25) is 0 Å². The molecule has 2 aromatic heterocycles. The van der Waals surface area contributed by atoms with Gasteiger partial charge in [0.05, 0.1) is 17.1 Å². The lowest BCUT2D eigenvalue weighted by atomic mass is 10.1. The van der Waals surface area contributed by atoms with Gasteiger partial charge < -0.3 is 9.64 Å². The smallest absolute Gasteiger partial charge is 0.267 e. The highest BCUT2D eigenvalue weighted by atomic mass is 32.1. The second-order valence-electron chi connectivity index (χ2n) is 6.92. The van der Waals surface area contributed by atoms with Crippen molar-refractivity contribution in [2.75, 3.05) is 11.4 Å². The number of carbonyl (C=O) groups excluding carboxylic acids is 1. The molecule has 0 N–H and O–H groups in total. The number of thiazole rings is 1. The predicted molar refractivity (Wildman–Crippen MR) is 113 cm³/mol. The highest BCUT2D eigenvalue weighted by Gasteiger charge is 2.31. The Morgan fingerprint density at radius 2 is 2.11 bits per heavy atom. The standard InChI is InChI=1S/C22H23N3O2S/c1-4-5-12-25-18-13-16(9-10-19(18)27-14(2)22(25)26)20-15(3)28-21(24-20)17-8-6-7-11-23-17/h6-11,13-14H,4-5,12H2,1-3H3. The van der Waals surface area contributed by atoms with Gasteiger partial charge in [-0.2, -0.15) is 0 Å². The van der Waals surface area contributed by atoms with E-state index < -0.39 is 6.10 Å². The summed E-state index contributed by atoms with van der Waals surface area (Å²) in [5, 5.41) is 0.898. The Morgan fingerprint density at radius 1 is 1.25 bits per heavy atom. The minimum absolute atomic E-state index is 0.0160. The highest BCUT2D eigenvalue weighted by molar-refractivity contribution is 7.15. The summed E-state index contributed by atoms with van der Waals surface area (Å²) in [4.78, 5) is 24.9.